The van der Waals surface area contributed by atoms with Crippen LogP contribution in [0.1, 0.15) is 12.8 Å². The van der Waals surface area contributed by atoms with Crippen LogP contribution >= 0.6 is 0 Å². The second kappa shape index (κ2) is 3.25. The fourth-order valence-corrected chi connectivity index (χ4v) is 4.04. The molecule has 0 aromatic heterocycles. The Kier molecular flexibility index (Phi) is 2.08. The predicted octanol–water partition coefficient (Wildman–Crippen LogP) is 1.47. The number of esters is 2. The van der Waals surface area contributed by atoms with Gasteiger partial charge in [0.25, 0.3) is 0 Å². The number of allylic oxidation sites excluding steroid dienone is 3. The van der Waals surface area contributed by atoms with Crippen molar-refractivity contribution in [3.05, 3.63) is 24.3 Å². The van der Waals surface area contributed by atoms with Crippen molar-refractivity contribution < 1.29 is 19.1 Å². The Morgan fingerprint density at radius 2 is 1.89 bits per heavy atom. The van der Waals surface area contributed by atoms with Crippen molar-refractivity contribution in [3.8, 4) is 0 Å². The van der Waals surface area contributed by atoms with E-state index >= 15 is 0 Å². The zero-order valence-electron chi connectivity index (χ0n) is 10.6. The van der Waals surface area contributed by atoms with E-state index in [4.69, 9.17) is 9.47 Å². The molecule has 3 aliphatic rings. The first-order valence-corrected chi connectivity index (χ1v) is 6.09. The van der Waals surface area contributed by atoms with Crippen molar-refractivity contribution in [1.29, 1.82) is 0 Å². The lowest BCUT2D eigenvalue weighted by atomic mass is 9.78. The minimum absolute atomic E-state index is 0.216. The van der Waals surface area contributed by atoms with E-state index in [1.54, 1.807) is 0 Å². The normalized spacial score (nSPS) is 38.0. The lowest BCUT2D eigenvalue weighted by Gasteiger charge is -2.25. The summed E-state index contributed by atoms with van der Waals surface area (Å²) < 4.78 is 9.68. The first kappa shape index (κ1) is 11.5. The van der Waals surface area contributed by atoms with Crippen molar-refractivity contribution >= 4 is 11.9 Å². The average Bonchev–Trinajstić information content (AvgIpc) is 2.73. The van der Waals surface area contributed by atoms with E-state index in [9.17, 15) is 9.59 Å². The molecule has 0 unspecified atom stereocenters. The molecule has 0 aliphatic heterocycles. The van der Waals surface area contributed by atoms with Crippen LogP contribution in [0, 0.1) is 22.7 Å². The monoisotopic (exact) mass is 248 g/mol. The molecule has 0 saturated heterocycles. The van der Waals surface area contributed by atoms with E-state index in [0.29, 0.717) is 12.3 Å². The molecule has 2 fully saturated rings. The molecule has 3 rings (SSSR count). The fraction of sp³-hybridized carbons (Fsp3) is 0.571. The molecule has 96 valence electrons. The lowest BCUT2D eigenvalue weighted by molar-refractivity contribution is -0.163. The van der Waals surface area contributed by atoms with Crippen molar-refractivity contribution in [3.63, 3.8) is 0 Å². The Bertz CT molecular complexity index is 474. The van der Waals surface area contributed by atoms with Crippen LogP contribution < -0.4 is 0 Å². The van der Waals surface area contributed by atoms with E-state index < -0.39 is 22.8 Å². The lowest BCUT2D eigenvalue weighted by Crippen LogP contribution is -2.36. The van der Waals surface area contributed by atoms with Crippen molar-refractivity contribution in [2.45, 2.75) is 12.8 Å². The number of fused-ring (bicyclic) bond motifs is 3. The highest BCUT2D eigenvalue weighted by atomic mass is 16.5. The van der Waals surface area contributed by atoms with E-state index in [1.165, 1.54) is 14.2 Å². The number of ether oxygens (including phenoxy) is 2. The number of hydrogen-bond acceptors (Lipinski definition) is 4. The Labute approximate surface area is 106 Å². The second-order valence-corrected chi connectivity index (χ2v) is 5.40. The van der Waals surface area contributed by atoms with Gasteiger partial charge in [-0.15, -0.1) is 0 Å². The third-order valence-electron chi connectivity index (χ3n) is 4.99. The average molecular weight is 248 g/mol. The molecule has 18 heavy (non-hydrogen) atoms. The topological polar surface area (TPSA) is 52.6 Å². The van der Waals surface area contributed by atoms with Gasteiger partial charge in [-0.2, -0.15) is 0 Å². The van der Waals surface area contributed by atoms with Crippen LogP contribution in [0.2, 0.25) is 0 Å². The molecular weight excluding hydrogens is 232 g/mol. The highest BCUT2D eigenvalue weighted by Gasteiger charge is 2.83. The molecule has 0 aromatic carbocycles. The predicted molar refractivity (Wildman–Crippen MR) is 63.4 cm³/mol. The molecule has 0 N–H and O–H groups in total. The van der Waals surface area contributed by atoms with Crippen molar-refractivity contribution in [2.24, 2.45) is 22.7 Å². The van der Waals surface area contributed by atoms with Crippen molar-refractivity contribution in [2.75, 3.05) is 14.2 Å². The summed E-state index contributed by atoms with van der Waals surface area (Å²) in [5, 5.41) is 0. The van der Waals surface area contributed by atoms with Gasteiger partial charge in [-0.05, 0) is 24.7 Å². The summed E-state index contributed by atoms with van der Waals surface area (Å²) in [4.78, 5) is 24.2. The van der Waals surface area contributed by atoms with Gasteiger partial charge in [0, 0.05) is 5.41 Å². The molecule has 0 radical (unpaired) electrons. The first-order valence-electron chi connectivity index (χ1n) is 6.09. The van der Waals surface area contributed by atoms with Crippen LogP contribution in [-0.2, 0) is 19.1 Å². The van der Waals surface area contributed by atoms with Gasteiger partial charge in [0.2, 0.25) is 0 Å². The van der Waals surface area contributed by atoms with E-state index in [2.05, 4.69) is 18.7 Å². The number of methoxy groups -OCH3 is 2. The van der Waals surface area contributed by atoms with Crippen LogP contribution in [0.15, 0.2) is 24.3 Å². The molecule has 2 bridgehead atoms. The number of carbonyl (C=O) groups excluding carboxylic acids is 2. The zero-order chi connectivity index (χ0) is 13.1. The maximum Gasteiger partial charge on any atom is 0.324 e. The molecule has 1 spiro atoms. The summed E-state index contributed by atoms with van der Waals surface area (Å²) in [6.07, 6.45) is 5.65. The third kappa shape index (κ3) is 0.945. The maximum atomic E-state index is 12.1. The molecule has 2 saturated carbocycles. The van der Waals surface area contributed by atoms with Crippen LogP contribution in [0.3, 0.4) is 0 Å². The zero-order valence-corrected chi connectivity index (χ0v) is 10.6. The van der Waals surface area contributed by atoms with Gasteiger partial charge in [-0.1, -0.05) is 24.3 Å². The maximum absolute atomic E-state index is 12.1. The van der Waals surface area contributed by atoms with E-state index in [0.717, 1.165) is 12.0 Å². The highest BCUT2D eigenvalue weighted by molar-refractivity contribution is 6.06. The van der Waals surface area contributed by atoms with Gasteiger partial charge in [0.1, 0.15) is 0 Å². The van der Waals surface area contributed by atoms with Gasteiger partial charge in [0.05, 0.1) is 14.2 Å². The largest absolute Gasteiger partial charge is 0.468 e. The Morgan fingerprint density at radius 3 is 2.33 bits per heavy atom. The van der Waals surface area contributed by atoms with Crippen LogP contribution in [0.4, 0.5) is 0 Å². The number of hydrogen-bond donors (Lipinski definition) is 0. The van der Waals surface area contributed by atoms with E-state index in [1.807, 2.05) is 0 Å². The molecule has 4 nitrogen and oxygen atoms in total. The number of rotatable bonds is 2. The fourth-order valence-electron chi connectivity index (χ4n) is 4.04. The molecule has 4 heteroatoms. The molecular formula is C14H16O4. The number of carbonyl (C=O) groups is 2. The van der Waals surface area contributed by atoms with E-state index in [-0.39, 0.29) is 5.92 Å². The summed E-state index contributed by atoms with van der Waals surface area (Å²) in [6.45, 7) is 4.11. The van der Waals surface area contributed by atoms with Crippen LogP contribution in [0.5, 0.6) is 0 Å². The SMILES string of the molecule is C=C1[C@H]2C=C[C@H](C2)[C@]12CC2(C(=O)OC)C(=O)OC. The molecule has 0 aromatic rings. The summed E-state index contributed by atoms with van der Waals surface area (Å²) >= 11 is 0. The Hall–Kier alpha value is -1.58. The van der Waals surface area contributed by atoms with Crippen LogP contribution in [-0.4, -0.2) is 26.2 Å². The summed E-state index contributed by atoms with van der Waals surface area (Å²) in [7, 11) is 2.62. The third-order valence-corrected chi connectivity index (χ3v) is 4.99. The summed E-state index contributed by atoms with van der Waals surface area (Å²) in [5.74, 6) is -0.465. The summed E-state index contributed by atoms with van der Waals surface area (Å²) in [6, 6.07) is 0. The molecule has 0 amide bonds. The smallest absolute Gasteiger partial charge is 0.324 e. The van der Waals surface area contributed by atoms with Gasteiger partial charge in [-0.25, -0.2) is 0 Å². The van der Waals surface area contributed by atoms with Crippen LogP contribution in [0.25, 0.3) is 0 Å². The van der Waals surface area contributed by atoms with Gasteiger partial charge in [-0.3, -0.25) is 9.59 Å². The Morgan fingerprint density at radius 1 is 1.28 bits per heavy atom. The minimum Gasteiger partial charge on any atom is -0.468 e. The quantitative estimate of drug-likeness (QED) is 0.422. The Balaban J connectivity index is 2.07. The first-order chi connectivity index (χ1) is 8.54. The highest BCUT2D eigenvalue weighted by Crippen LogP contribution is 2.79. The van der Waals surface area contributed by atoms with Gasteiger partial charge < -0.3 is 9.47 Å². The van der Waals surface area contributed by atoms with Crippen molar-refractivity contribution in [1.82, 2.24) is 0 Å². The molecule has 3 atom stereocenters. The van der Waals surface area contributed by atoms with Gasteiger partial charge in [0.15, 0.2) is 5.41 Å². The molecule has 3 aliphatic carbocycles. The standard InChI is InChI=1S/C14H16O4/c1-8-9-4-5-10(6-9)13(8)7-14(13,11(15)17-2)12(16)18-3/h4-5,9-10H,1,6-7H2,2-3H3/t9-,10+,13-/m0/s1. The molecule has 0 heterocycles. The summed E-state index contributed by atoms with van der Waals surface area (Å²) in [5.41, 5.74) is -0.615. The second-order valence-electron chi connectivity index (χ2n) is 5.40. The van der Waals surface area contributed by atoms with Gasteiger partial charge >= 0.3 is 11.9 Å². The minimum atomic E-state index is -1.16.